The van der Waals surface area contributed by atoms with E-state index in [-0.39, 0.29) is 0 Å². The van der Waals surface area contributed by atoms with Crippen LogP contribution >= 0.6 is 0 Å². The Morgan fingerprint density at radius 3 is 1.48 bits per heavy atom. The van der Waals surface area contributed by atoms with Gasteiger partial charge in [-0.25, -0.2) is 15.0 Å². The minimum atomic E-state index is 0.631. The van der Waals surface area contributed by atoms with Crippen LogP contribution in [0.1, 0.15) is 0 Å². The molecule has 234 valence electrons. The second kappa shape index (κ2) is 12.7. The molecule has 0 unspecified atom stereocenters. The Labute approximate surface area is 290 Å². The van der Waals surface area contributed by atoms with E-state index >= 15 is 0 Å². The number of fused-ring (bicyclic) bond motifs is 3. The topological polar surface area (TPSA) is 51.6 Å². The molecule has 7 aromatic carbocycles. The summed E-state index contributed by atoms with van der Waals surface area (Å²) >= 11 is 0. The minimum Gasteiger partial charge on any atom is -0.256 e. The highest BCUT2D eigenvalue weighted by Gasteiger charge is 2.14. The third kappa shape index (κ3) is 5.59. The van der Waals surface area contributed by atoms with Gasteiger partial charge in [-0.1, -0.05) is 152 Å². The van der Waals surface area contributed by atoms with Crippen LogP contribution in [0, 0.1) is 0 Å². The van der Waals surface area contributed by atoms with Crippen molar-refractivity contribution in [1.29, 1.82) is 0 Å². The highest BCUT2D eigenvalue weighted by Crippen LogP contribution is 2.36. The van der Waals surface area contributed by atoms with Crippen LogP contribution in [-0.4, -0.2) is 19.9 Å². The van der Waals surface area contributed by atoms with Crippen molar-refractivity contribution in [2.24, 2.45) is 0 Å². The van der Waals surface area contributed by atoms with Gasteiger partial charge in [-0.05, 0) is 63.0 Å². The number of aromatic nitrogens is 4. The summed E-state index contributed by atoms with van der Waals surface area (Å²) in [4.78, 5) is 19.7. The molecular weight excluding hydrogens is 609 g/mol. The Bertz CT molecular complexity index is 2630. The fourth-order valence-electron chi connectivity index (χ4n) is 6.65. The van der Waals surface area contributed by atoms with Crippen molar-refractivity contribution in [2.45, 2.75) is 0 Å². The Morgan fingerprint density at radius 2 is 0.780 bits per heavy atom. The molecular formula is C46H30N4. The summed E-state index contributed by atoms with van der Waals surface area (Å²) in [7, 11) is 0. The molecule has 0 radical (unpaired) electrons. The van der Waals surface area contributed by atoms with Crippen LogP contribution < -0.4 is 0 Å². The molecule has 2 aromatic heterocycles. The molecule has 0 N–H and O–H groups in total. The number of benzene rings is 7. The van der Waals surface area contributed by atoms with Crippen LogP contribution in [0.2, 0.25) is 0 Å². The van der Waals surface area contributed by atoms with Crippen molar-refractivity contribution in [3.63, 3.8) is 0 Å². The lowest BCUT2D eigenvalue weighted by atomic mass is 9.93. The summed E-state index contributed by atoms with van der Waals surface area (Å²) in [6.07, 6.45) is 1.86. The summed E-state index contributed by atoms with van der Waals surface area (Å²) < 4.78 is 0. The summed E-state index contributed by atoms with van der Waals surface area (Å²) in [5.74, 6) is 1.91. The van der Waals surface area contributed by atoms with Gasteiger partial charge in [-0.3, -0.25) is 4.98 Å². The standard InChI is InChI=1S/C46H30N4/c1-3-12-31(13-4-1)32-23-25-34(26-24-32)45-48-44(33-14-5-2-6-15-33)49-46(50-45)39-19-10-17-36(29-39)35-16-9-18-37(28-35)42-30-38-20-11-27-47-43(38)41-22-8-7-21-40(41)42/h1-30H. The molecule has 0 atom stereocenters. The zero-order valence-electron chi connectivity index (χ0n) is 27.1. The smallest absolute Gasteiger partial charge is 0.164 e. The lowest BCUT2D eigenvalue weighted by Gasteiger charge is -2.12. The second-order valence-corrected chi connectivity index (χ2v) is 12.3. The predicted octanol–water partition coefficient (Wildman–Crippen LogP) is 11.6. The molecule has 0 saturated heterocycles. The van der Waals surface area contributed by atoms with Gasteiger partial charge in [0.1, 0.15) is 0 Å². The highest BCUT2D eigenvalue weighted by molar-refractivity contribution is 6.12. The Kier molecular flexibility index (Phi) is 7.45. The zero-order chi connectivity index (χ0) is 33.3. The fraction of sp³-hybridized carbons (Fsp3) is 0. The molecule has 0 amide bonds. The molecule has 0 saturated carbocycles. The first-order valence-electron chi connectivity index (χ1n) is 16.7. The average Bonchev–Trinajstić information content (AvgIpc) is 3.21. The van der Waals surface area contributed by atoms with Gasteiger partial charge < -0.3 is 0 Å². The van der Waals surface area contributed by atoms with E-state index in [2.05, 4.69) is 133 Å². The maximum atomic E-state index is 5.04. The zero-order valence-corrected chi connectivity index (χ0v) is 27.1. The van der Waals surface area contributed by atoms with Gasteiger partial charge in [0.05, 0.1) is 5.52 Å². The molecule has 0 bridgehead atoms. The van der Waals surface area contributed by atoms with Gasteiger partial charge in [0.15, 0.2) is 17.5 Å². The Balaban J connectivity index is 1.13. The van der Waals surface area contributed by atoms with Crippen LogP contribution in [0.4, 0.5) is 0 Å². The van der Waals surface area contributed by atoms with Gasteiger partial charge >= 0.3 is 0 Å². The van der Waals surface area contributed by atoms with Crippen molar-refractivity contribution in [2.75, 3.05) is 0 Å². The highest BCUT2D eigenvalue weighted by atomic mass is 15.0. The van der Waals surface area contributed by atoms with Gasteiger partial charge in [0.25, 0.3) is 0 Å². The van der Waals surface area contributed by atoms with E-state index in [1.807, 2.05) is 48.7 Å². The Morgan fingerprint density at radius 1 is 0.300 bits per heavy atom. The van der Waals surface area contributed by atoms with Crippen LogP contribution in [-0.2, 0) is 0 Å². The Hall–Kier alpha value is -6.78. The van der Waals surface area contributed by atoms with Crippen LogP contribution in [0.3, 0.4) is 0 Å². The maximum absolute atomic E-state index is 5.04. The molecule has 0 aliphatic rings. The number of rotatable bonds is 6. The summed E-state index contributed by atoms with van der Waals surface area (Å²) in [6, 6.07) is 61.0. The number of hydrogen-bond acceptors (Lipinski definition) is 4. The summed E-state index contributed by atoms with van der Waals surface area (Å²) in [5, 5.41) is 3.47. The predicted molar refractivity (Wildman–Crippen MR) is 205 cm³/mol. The van der Waals surface area contributed by atoms with Crippen molar-refractivity contribution < 1.29 is 0 Å². The van der Waals surface area contributed by atoms with E-state index in [1.165, 1.54) is 16.5 Å². The van der Waals surface area contributed by atoms with Crippen LogP contribution in [0.5, 0.6) is 0 Å². The molecule has 4 nitrogen and oxygen atoms in total. The SMILES string of the molecule is c1ccc(-c2ccc(-c3nc(-c4ccccc4)nc(-c4cccc(-c5cccc(-c6cc7cccnc7c7ccccc67)c5)c4)n3)cc2)cc1. The van der Waals surface area contributed by atoms with E-state index < -0.39 is 0 Å². The fourth-order valence-corrected chi connectivity index (χ4v) is 6.65. The molecule has 0 fully saturated rings. The molecule has 2 heterocycles. The molecule has 4 heteroatoms. The van der Waals surface area contributed by atoms with E-state index in [9.17, 15) is 0 Å². The molecule has 0 aliphatic carbocycles. The molecule has 50 heavy (non-hydrogen) atoms. The maximum Gasteiger partial charge on any atom is 0.164 e. The normalized spacial score (nSPS) is 11.2. The third-order valence-electron chi connectivity index (χ3n) is 9.16. The van der Waals surface area contributed by atoms with Crippen molar-refractivity contribution in [3.8, 4) is 67.5 Å². The van der Waals surface area contributed by atoms with Crippen molar-refractivity contribution >= 4 is 21.7 Å². The largest absolute Gasteiger partial charge is 0.256 e. The average molecular weight is 639 g/mol. The van der Waals surface area contributed by atoms with E-state index in [4.69, 9.17) is 19.9 Å². The van der Waals surface area contributed by atoms with Crippen LogP contribution in [0.25, 0.3) is 89.2 Å². The second-order valence-electron chi connectivity index (χ2n) is 12.3. The van der Waals surface area contributed by atoms with Gasteiger partial charge in [0, 0.05) is 33.7 Å². The molecule has 9 rings (SSSR count). The number of pyridine rings is 1. The first-order valence-corrected chi connectivity index (χ1v) is 16.7. The summed E-state index contributed by atoms with van der Waals surface area (Å²) in [6.45, 7) is 0. The third-order valence-corrected chi connectivity index (χ3v) is 9.16. The van der Waals surface area contributed by atoms with E-state index in [1.54, 1.807) is 0 Å². The lowest BCUT2D eigenvalue weighted by Crippen LogP contribution is -2.00. The molecule has 0 spiro atoms. The summed E-state index contributed by atoms with van der Waals surface area (Å²) in [5.41, 5.74) is 10.7. The van der Waals surface area contributed by atoms with Gasteiger partial charge in [-0.15, -0.1) is 0 Å². The molecule has 9 aromatic rings. The minimum absolute atomic E-state index is 0.631. The lowest BCUT2D eigenvalue weighted by molar-refractivity contribution is 1.07. The number of hydrogen-bond donors (Lipinski definition) is 0. The molecule has 0 aliphatic heterocycles. The first kappa shape index (κ1) is 29.4. The quantitative estimate of drug-likeness (QED) is 0.170. The monoisotopic (exact) mass is 638 g/mol. The van der Waals surface area contributed by atoms with Gasteiger partial charge in [0.2, 0.25) is 0 Å². The van der Waals surface area contributed by atoms with Crippen LogP contribution in [0.15, 0.2) is 182 Å². The van der Waals surface area contributed by atoms with E-state index in [0.717, 1.165) is 55.2 Å². The van der Waals surface area contributed by atoms with E-state index in [0.29, 0.717) is 17.5 Å². The van der Waals surface area contributed by atoms with Crippen molar-refractivity contribution in [1.82, 2.24) is 19.9 Å². The van der Waals surface area contributed by atoms with Crippen molar-refractivity contribution in [3.05, 3.63) is 182 Å². The first-order chi connectivity index (χ1) is 24.8. The van der Waals surface area contributed by atoms with Gasteiger partial charge in [-0.2, -0.15) is 0 Å². The number of nitrogens with zero attached hydrogens (tertiary/aromatic N) is 4.